The van der Waals surface area contributed by atoms with Crippen molar-refractivity contribution in [1.29, 1.82) is 0 Å². The Kier molecular flexibility index (Phi) is 9.75. The molecule has 226 valence electrons. The maximum absolute atomic E-state index is 14.5. The van der Waals surface area contributed by atoms with Gasteiger partial charge in [0.25, 0.3) is 5.91 Å². The van der Waals surface area contributed by atoms with E-state index >= 15 is 0 Å². The number of carbonyl (C=O) groups excluding carboxylic acids is 2. The molecule has 2 heterocycles. The van der Waals surface area contributed by atoms with Crippen LogP contribution in [0.3, 0.4) is 0 Å². The molecule has 5 rings (SSSR count). The van der Waals surface area contributed by atoms with Crippen molar-refractivity contribution in [3.8, 4) is 11.3 Å². The number of aliphatic carboxylic acids is 1. The van der Waals surface area contributed by atoms with Crippen LogP contribution in [0.25, 0.3) is 11.3 Å². The number of fused-ring (bicyclic) bond motifs is 1. The second-order valence-corrected chi connectivity index (χ2v) is 11.8. The highest BCUT2D eigenvalue weighted by Gasteiger charge is 2.36. The predicted octanol–water partition coefficient (Wildman–Crippen LogP) is 7.12. The van der Waals surface area contributed by atoms with Crippen molar-refractivity contribution in [2.75, 3.05) is 6.54 Å². The third-order valence-corrected chi connectivity index (χ3v) is 8.42. The molecule has 4 aromatic rings. The molecule has 44 heavy (non-hydrogen) atoms. The molecule has 0 saturated heterocycles. The first-order valence-electron chi connectivity index (χ1n) is 14.9. The monoisotopic (exact) mass is 609 g/mol. The SMILES string of the molecule is CCCC(c1ccc(C(=O)NCCC(=O)O)cc1)C(C(=O)N1Cc2ccc(-c3ccc(C)cn3)cc2C1)c1ccc(Cl)cc1. The lowest BCUT2D eigenvalue weighted by molar-refractivity contribution is -0.137. The molecule has 0 bridgehead atoms. The van der Waals surface area contributed by atoms with Gasteiger partial charge in [0.1, 0.15) is 0 Å². The van der Waals surface area contributed by atoms with Crippen LogP contribution in [0, 0.1) is 6.92 Å². The Balaban J connectivity index is 1.41. The molecular weight excluding hydrogens is 574 g/mol. The van der Waals surface area contributed by atoms with Gasteiger partial charge in [0, 0.05) is 42.0 Å². The van der Waals surface area contributed by atoms with Crippen molar-refractivity contribution in [3.63, 3.8) is 0 Å². The van der Waals surface area contributed by atoms with E-state index in [0.717, 1.165) is 51.9 Å². The van der Waals surface area contributed by atoms with Crippen LogP contribution in [0.15, 0.2) is 85.1 Å². The Bertz CT molecular complexity index is 1640. The molecule has 1 aromatic heterocycles. The highest BCUT2D eigenvalue weighted by Crippen LogP contribution is 2.40. The maximum Gasteiger partial charge on any atom is 0.305 e. The summed E-state index contributed by atoms with van der Waals surface area (Å²) in [5.41, 5.74) is 7.61. The lowest BCUT2D eigenvalue weighted by Crippen LogP contribution is -2.34. The molecule has 2 atom stereocenters. The Morgan fingerprint density at radius 3 is 2.30 bits per heavy atom. The fourth-order valence-corrected chi connectivity index (χ4v) is 5.99. The first-order valence-corrected chi connectivity index (χ1v) is 15.3. The summed E-state index contributed by atoms with van der Waals surface area (Å²) in [5.74, 6) is -1.83. The minimum absolute atomic E-state index is 0.0486. The first kappa shape index (κ1) is 31.0. The first-order chi connectivity index (χ1) is 21.2. The molecule has 1 aliphatic rings. The normalized spacial score (nSPS) is 13.7. The number of aromatic nitrogens is 1. The van der Waals surface area contributed by atoms with Gasteiger partial charge in [-0.3, -0.25) is 19.4 Å². The van der Waals surface area contributed by atoms with Crippen molar-refractivity contribution in [3.05, 3.63) is 123 Å². The van der Waals surface area contributed by atoms with E-state index in [-0.39, 0.29) is 30.7 Å². The van der Waals surface area contributed by atoms with Gasteiger partial charge in [-0.25, -0.2) is 0 Å². The number of hydrogen-bond donors (Lipinski definition) is 2. The van der Waals surface area contributed by atoms with E-state index in [9.17, 15) is 14.4 Å². The number of carboxylic acids is 1. The minimum Gasteiger partial charge on any atom is -0.481 e. The Morgan fingerprint density at radius 1 is 0.932 bits per heavy atom. The fourth-order valence-electron chi connectivity index (χ4n) is 5.87. The van der Waals surface area contributed by atoms with E-state index in [1.807, 2.05) is 66.6 Å². The second kappa shape index (κ2) is 13.9. The quantitative estimate of drug-likeness (QED) is 0.188. The molecular formula is C36H36ClN3O4. The van der Waals surface area contributed by atoms with Crippen molar-refractivity contribution in [1.82, 2.24) is 15.2 Å². The summed E-state index contributed by atoms with van der Waals surface area (Å²) in [6, 6.07) is 25.2. The van der Waals surface area contributed by atoms with Crippen LogP contribution in [0.1, 0.15) is 76.2 Å². The van der Waals surface area contributed by atoms with E-state index < -0.39 is 11.9 Å². The summed E-state index contributed by atoms with van der Waals surface area (Å²) in [7, 11) is 0. The number of pyridine rings is 1. The number of rotatable bonds is 11. The number of halogens is 1. The van der Waals surface area contributed by atoms with E-state index in [2.05, 4.69) is 35.4 Å². The zero-order valence-electron chi connectivity index (χ0n) is 24.9. The molecule has 2 unspecified atom stereocenters. The maximum atomic E-state index is 14.5. The third-order valence-electron chi connectivity index (χ3n) is 8.17. The highest BCUT2D eigenvalue weighted by molar-refractivity contribution is 6.30. The number of nitrogens with one attached hydrogen (secondary N) is 1. The molecule has 8 heteroatoms. The molecule has 3 aromatic carbocycles. The summed E-state index contributed by atoms with van der Waals surface area (Å²) in [4.78, 5) is 44.4. The number of nitrogens with zero attached hydrogens (tertiary/aromatic N) is 2. The molecule has 2 amide bonds. The summed E-state index contributed by atoms with van der Waals surface area (Å²) < 4.78 is 0. The zero-order chi connectivity index (χ0) is 31.2. The van der Waals surface area contributed by atoms with E-state index in [0.29, 0.717) is 23.7 Å². The van der Waals surface area contributed by atoms with E-state index in [1.54, 1.807) is 12.1 Å². The standard InChI is InChI=1S/C36H36ClN3O4/c1-3-4-31(24-6-8-26(9-7-24)35(43)38-18-17-33(41)42)34(25-12-14-30(37)15-13-25)36(44)40-21-28-11-10-27(19-29(28)22-40)32-16-5-23(2)20-39-32/h5-16,19-20,31,34H,3-4,17-18,21-22H2,1-2H3,(H,38,43)(H,41,42). The molecule has 7 nitrogen and oxygen atoms in total. The van der Waals surface area contributed by atoms with Gasteiger partial charge in [-0.1, -0.05) is 67.4 Å². The van der Waals surface area contributed by atoms with Crippen molar-refractivity contribution in [2.45, 2.75) is 58.0 Å². The molecule has 0 spiro atoms. The van der Waals surface area contributed by atoms with Gasteiger partial charge in [0.15, 0.2) is 0 Å². The topological polar surface area (TPSA) is 99.6 Å². The number of carboxylic acid groups (broad SMARTS) is 1. The number of benzene rings is 3. The van der Waals surface area contributed by atoms with Crippen LogP contribution in [0.5, 0.6) is 0 Å². The number of hydrogen-bond acceptors (Lipinski definition) is 4. The minimum atomic E-state index is -0.967. The Morgan fingerprint density at radius 2 is 1.64 bits per heavy atom. The van der Waals surface area contributed by atoms with E-state index in [4.69, 9.17) is 16.7 Å². The largest absolute Gasteiger partial charge is 0.481 e. The van der Waals surface area contributed by atoms with Crippen molar-refractivity contribution in [2.24, 2.45) is 0 Å². The summed E-state index contributed by atoms with van der Waals surface area (Å²) in [6.45, 7) is 5.23. The third kappa shape index (κ3) is 7.17. The number of aryl methyl sites for hydroxylation is 1. The van der Waals surface area contributed by atoms with Crippen LogP contribution in [0.2, 0.25) is 5.02 Å². The van der Waals surface area contributed by atoms with Gasteiger partial charge >= 0.3 is 5.97 Å². The van der Waals surface area contributed by atoms with Gasteiger partial charge in [-0.15, -0.1) is 0 Å². The average molecular weight is 610 g/mol. The van der Waals surface area contributed by atoms with Crippen LogP contribution >= 0.6 is 11.6 Å². The van der Waals surface area contributed by atoms with Crippen LogP contribution in [0.4, 0.5) is 0 Å². The van der Waals surface area contributed by atoms with Gasteiger partial charge in [-0.05, 0) is 83.5 Å². The molecule has 2 N–H and O–H groups in total. The zero-order valence-corrected chi connectivity index (χ0v) is 25.7. The van der Waals surface area contributed by atoms with Crippen LogP contribution in [-0.2, 0) is 22.7 Å². The Hall–Kier alpha value is -4.49. The van der Waals surface area contributed by atoms with Crippen molar-refractivity contribution < 1.29 is 19.5 Å². The molecule has 0 saturated carbocycles. The average Bonchev–Trinajstić information content (AvgIpc) is 3.45. The summed E-state index contributed by atoms with van der Waals surface area (Å²) >= 11 is 6.25. The van der Waals surface area contributed by atoms with Gasteiger partial charge in [-0.2, -0.15) is 0 Å². The predicted molar refractivity (Wildman–Crippen MR) is 172 cm³/mol. The van der Waals surface area contributed by atoms with Gasteiger partial charge in [0.05, 0.1) is 18.0 Å². The lowest BCUT2D eigenvalue weighted by atomic mass is 9.77. The van der Waals surface area contributed by atoms with Crippen LogP contribution in [-0.4, -0.2) is 39.3 Å². The molecule has 0 radical (unpaired) electrons. The number of amides is 2. The molecule has 0 aliphatic carbocycles. The molecule has 1 aliphatic heterocycles. The summed E-state index contributed by atoms with van der Waals surface area (Å²) in [6.07, 6.45) is 3.36. The second-order valence-electron chi connectivity index (χ2n) is 11.3. The van der Waals surface area contributed by atoms with Crippen LogP contribution < -0.4 is 5.32 Å². The highest BCUT2D eigenvalue weighted by atomic mass is 35.5. The Labute approximate surface area is 262 Å². The van der Waals surface area contributed by atoms with Gasteiger partial charge < -0.3 is 15.3 Å². The van der Waals surface area contributed by atoms with Gasteiger partial charge in [0.2, 0.25) is 5.91 Å². The molecule has 0 fully saturated rings. The van der Waals surface area contributed by atoms with Crippen molar-refractivity contribution >= 4 is 29.4 Å². The lowest BCUT2D eigenvalue weighted by Gasteiger charge is -2.31. The smallest absolute Gasteiger partial charge is 0.305 e. The van der Waals surface area contributed by atoms with E-state index in [1.165, 1.54) is 0 Å². The number of carbonyl (C=O) groups is 3. The summed E-state index contributed by atoms with van der Waals surface area (Å²) in [5, 5.41) is 12.1. The fraction of sp³-hybridized carbons (Fsp3) is 0.278.